The van der Waals surface area contributed by atoms with Crippen LogP contribution in [0.2, 0.25) is 0 Å². The van der Waals surface area contributed by atoms with Gasteiger partial charge in [0, 0.05) is 24.3 Å². The first kappa shape index (κ1) is 17.3. The Hall–Kier alpha value is -2.15. The molecule has 7 nitrogen and oxygen atoms in total. The molecule has 0 atom stereocenters. The highest BCUT2D eigenvalue weighted by molar-refractivity contribution is 5.89. The van der Waals surface area contributed by atoms with E-state index in [9.17, 15) is 14.4 Å². The van der Waals surface area contributed by atoms with Crippen LogP contribution in [-0.2, 0) is 14.4 Å². The van der Waals surface area contributed by atoms with Crippen molar-refractivity contribution in [3.63, 3.8) is 0 Å². The number of carboxylic acids is 3. The largest absolute Gasteiger partial charge is 0.478 e. The van der Waals surface area contributed by atoms with Crippen LogP contribution in [0.4, 0.5) is 0 Å². The van der Waals surface area contributed by atoms with E-state index in [2.05, 4.69) is 6.58 Å². The van der Waals surface area contributed by atoms with Gasteiger partial charge in [-0.1, -0.05) is 6.58 Å². The van der Waals surface area contributed by atoms with Gasteiger partial charge in [-0.2, -0.15) is 0 Å². The number of aliphatic hydroxyl groups excluding tert-OH is 1. The van der Waals surface area contributed by atoms with E-state index in [1.165, 1.54) is 0 Å². The number of carbonyl (C=O) groups is 3. The van der Waals surface area contributed by atoms with Crippen LogP contribution in [-0.4, -0.2) is 44.9 Å². The maximum atomic E-state index is 10.0. The van der Waals surface area contributed by atoms with Gasteiger partial charge in [0.15, 0.2) is 0 Å². The molecule has 0 aliphatic carbocycles. The SMILES string of the molecule is C=C(CCCO)C(=O)O.O=C(O)/C=C\C(=O)O. The molecule has 0 bridgehead atoms. The first-order valence-corrected chi connectivity index (χ1v) is 4.47. The predicted octanol–water partition coefficient (Wildman–Crippen LogP) is 0.111. The smallest absolute Gasteiger partial charge is 0.330 e. The van der Waals surface area contributed by atoms with Gasteiger partial charge in [-0.15, -0.1) is 0 Å². The van der Waals surface area contributed by atoms with Crippen molar-refractivity contribution in [2.45, 2.75) is 12.8 Å². The summed E-state index contributed by atoms with van der Waals surface area (Å²) in [7, 11) is 0. The van der Waals surface area contributed by atoms with Crippen LogP contribution in [0, 0.1) is 0 Å². The Kier molecular flexibility index (Phi) is 10.5. The maximum absolute atomic E-state index is 10.0. The minimum atomic E-state index is -1.26. The van der Waals surface area contributed by atoms with Gasteiger partial charge in [0.05, 0.1) is 0 Å². The van der Waals surface area contributed by atoms with Crippen molar-refractivity contribution in [1.29, 1.82) is 0 Å². The summed E-state index contributed by atoms with van der Waals surface area (Å²) in [6.07, 6.45) is 1.96. The summed E-state index contributed by atoms with van der Waals surface area (Å²) in [5.41, 5.74) is 0.157. The van der Waals surface area contributed by atoms with E-state index in [-0.39, 0.29) is 12.2 Å². The normalized spacial score (nSPS) is 9.24. The van der Waals surface area contributed by atoms with Crippen molar-refractivity contribution in [3.8, 4) is 0 Å². The zero-order valence-corrected chi connectivity index (χ0v) is 9.00. The lowest BCUT2D eigenvalue weighted by atomic mass is 10.2. The number of hydrogen-bond acceptors (Lipinski definition) is 4. The maximum Gasteiger partial charge on any atom is 0.330 e. The topological polar surface area (TPSA) is 132 Å². The summed E-state index contributed by atoms with van der Waals surface area (Å²) in [4.78, 5) is 29.1. The molecule has 0 aromatic heterocycles. The second-order valence-electron chi connectivity index (χ2n) is 2.75. The van der Waals surface area contributed by atoms with Gasteiger partial charge in [0.25, 0.3) is 0 Å². The van der Waals surface area contributed by atoms with E-state index in [0.29, 0.717) is 25.0 Å². The summed E-state index contributed by atoms with van der Waals surface area (Å²) >= 11 is 0. The van der Waals surface area contributed by atoms with Crippen LogP contribution in [0.5, 0.6) is 0 Å². The van der Waals surface area contributed by atoms with Crippen LogP contribution in [0.1, 0.15) is 12.8 Å². The molecule has 0 aliphatic heterocycles. The van der Waals surface area contributed by atoms with Crippen molar-refractivity contribution in [3.05, 3.63) is 24.3 Å². The van der Waals surface area contributed by atoms with Crippen molar-refractivity contribution in [2.75, 3.05) is 6.61 Å². The molecule has 0 aliphatic rings. The molecule has 0 unspecified atom stereocenters. The van der Waals surface area contributed by atoms with Gasteiger partial charge in [0.2, 0.25) is 0 Å². The highest BCUT2D eigenvalue weighted by atomic mass is 16.4. The minimum absolute atomic E-state index is 0.0201. The Labute approximate surface area is 97.3 Å². The average Bonchev–Trinajstić information content (AvgIpc) is 2.23. The van der Waals surface area contributed by atoms with Gasteiger partial charge in [-0.25, -0.2) is 14.4 Å². The van der Waals surface area contributed by atoms with E-state index in [0.717, 1.165) is 0 Å². The van der Waals surface area contributed by atoms with E-state index in [4.69, 9.17) is 20.4 Å². The van der Waals surface area contributed by atoms with Gasteiger partial charge in [-0.05, 0) is 12.8 Å². The third-order valence-corrected chi connectivity index (χ3v) is 1.31. The van der Waals surface area contributed by atoms with Gasteiger partial charge in [-0.3, -0.25) is 0 Å². The molecule has 4 N–H and O–H groups in total. The Morgan fingerprint density at radius 1 is 1.00 bits per heavy atom. The molecule has 17 heavy (non-hydrogen) atoms. The Bertz CT molecular complexity index is 301. The Morgan fingerprint density at radius 3 is 1.65 bits per heavy atom. The van der Waals surface area contributed by atoms with E-state index >= 15 is 0 Å². The lowest BCUT2D eigenvalue weighted by Gasteiger charge is -1.94. The molecule has 0 heterocycles. The molecule has 0 radical (unpaired) electrons. The number of aliphatic hydroxyl groups is 1. The van der Waals surface area contributed by atoms with E-state index < -0.39 is 17.9 Å². The molecule has 0 amide bonds. The zero-order chi connectivity index (χ0) is 13.8. The molecule has 0 saturated heterocycles. The number of hydrogen-bond donors (Lipinski definition) is 4. The molecule has 0 rings (SSSR count). The lowest BCUT2D eigenvalue weighted by molar-refractivity contribution is -0.134. The standard InChI is InChI=1S/C6H10O3.C4H4O4/c1-5(6(8)9)3-2-4-7;5-3(6)1-2-4(7)8/h7H,1-4H2,(H,8,9);1-2H,(H,5,6)(H,7,8)/b;2-1-. The van der Waals surface area contributed by atoms with Crippen LogP contribution >= 0.6 is 0 Å². The Balaban J connectivity index is 0. The average molecular weight is 246 g/mol. The van der Waals surface area contributed by atoms with Crippen LogP contribution in [0.3, 0.4) is 0 Å². The summed E-state index contributed by atoms with van der Waals surface area (Å²) in [5.74, 6) is -3.50. The molecule has 0 spiro atoms. The second-order valence-corrected chi connectivity index (χ2v) is 2.75. The number of rotatable bonds is 6. The summed E-state index contributed by atoms with van der Waals surface area (Å²) in [6.45, 7) is 3.30. The van der Waals surface area contributed by atoms with E-state index in [1.54, 1.807) is 0 Å². The van der Waals surface area contributed by atoms with Crippen molar-refractivity contribution < 1.29 is 34.8 Å². The molecular weight excluding hydrogens is 232 g/mol. The lowest BCUT2D eigenvalue weighted by Crippen LogP contribution is -1.99. The summed E-state index contributed by atoms with van der Waals surface area (Å²) in [6, 6.07) is 0. The second kappa shape index (κ2) is 10.4. The Morgan fingerprint density at radius 2 is 1.41 bits per heavy atom. The molecular formula is C10H14O7. The van der Waals surface area contributed by atoms with Crippen LogP contribution < -0.4 is 0 Å². The highest BCUT2D eigenvalue weighted by Gasteiger charge is 2.00. The monoisotopic (exact) mass is 246 g/mol. The van der Waals surface area contributed by atoms with Gasteiger partial charge >= 0.3 is 17.9 Å². The van der Waals surface area contributed by atoms with Crippen LogP contribution in [0.15, 0.2) is 24.3 Å². The first-order chi connectivity index (χ1) is 7.81. The summed E-state index contributed by atoms with van der Waals surface area (Å²) in [5, 5.41) is 32.1. The zero-order valence-electron chi connectivity index (χ0n) is 9.00. The third kappa shape index (κ3) is 16.5. The third-order valence-electron chi connectivity index (χ3n) is 1.31. The minimum Gasteiger partial charge on any atom is -0.478 e. The summed E-state index contributed by atoms with van der Waals surface area (Å²) < 4.78 is 0. The van der Waals surface area contributed by atoms with Crippen LogP contribution in [0.25, 0.3) is 0 Å². The number of carboxylic acid groups (broad SMARTS) is 3. The number of aliphatic carboxylic acids is 3. The molecule has 0 fully saturated rings. The van der Waals surface area contributed by atoms with Gasteiger partial charge in [0.1, 0.15) is 0 Å². The van der Waals surface area contributed by atoms with Crippen molar-refractivity contribution in [1.82, 2.24) is 0 Å². The molecule has 7 heteroatoms. The predicted molar refractivity (Wildman–Crippen MR) is 57.5 cm³/mol. The van der Waals surface area contributed by atoms with Gasteiger partial charge < -0.3 is 20.4 Å². The van der Waals surface area contributed by atoms with E-state index in [1.807, 2.05) is 0 Å². The van der Waals surface area contributed by atoms with Crippen molar-refractivity contribution >= 4 is 17.9 Å². The fraction of sp³-hybridized carbons (Fsp3) is 0.300. The molecule has 0 aromatic carbocycles. The fourth-order valence-electron chi connectivity index (χ4n) is 0.542. The molecule has 0 aromatic rings. The molecule has 96 valence electrons. The molecule has 0 saturated carbocycles. The van der Waals surface area contributed by atoms with Crippen molar-refractivity contribution in [2.24, 2.45) is 0 Å². The fourth-order valence-corrected chi connectivity index (χ4v) is 0.542. The highest BCUT2D eigenvalue weighted by Crippen LogP contribution is 2.00. The quantitative estimate of drug-likeness (QED) is 0.489. The first-order valence-electron chi connectivity index (χ1n) is 4.47.